The highest BCUT2D eigenvalue weighted by Gasteiger charge is 2.35. The number of benzene rings is 2. The molecule has 2 amide bonds. The predicted molar refractivity (Wildman–Crippen MR) is 123 cm³/mol. The molecular formula is C23H19FN4O2S. The molecule has 0 spiro atoms. The Balaban J connectivity index is 1.73. The second-order valence-electron chi connectivity index (χ2n) is 7.12. The van der Waals surface area contributed by atoms with Crippen LogP contribution < -0.4 is 15.1 Å². The monoisotopic (exact) mass is 434 g/mol. The van der Waals surface area contributed by atoms with Gasteiger partial charge >= 0.3 is 0 Å². The number of carbonyl (C=O) groups is 2. The molecule has 2 heterocycles. The predicted octanol–water partition coefficient (Wildman–Crippen LogP) is 3.51. The lowest BCUT2D eigenvalue weighted by molar-refractivity contribution is -0.122. The number of halogens is 1. The molecule has 1 aliphatic heterocycles. The van der Waals surface area contributed by atoms with E-state index in [0.717, 1.165) is 16.3 Å². The Bertz CT molecular complexity index is 1210. The highest BCUT2D eigenvalue weighted by molar-refractivity contribution is 7.80. The van der Waals surface area contributed by atoms with Crippen molar-refractivity contribution < 1.29 is 14.0 Å². The quantitative estimate of drug-likeness (QED) is 0.388. The van der Waals surface area contributed by atoms with Gasteiger partial charge in [-0.25, -0.2) is 9.29 Å². The summed E-state index contributed by atoms with van der Waals surface area (Å²) in [6, 6.07) is 17.2. The van der Waals surface area contributed by atoms with Gasteiger partial charge in [-0.2, -0.15) is 0 Å². The lowest BCUT2D eigenvalue weighted by atomic mass is 10.1. The van der Waals surface area contributed by atoms with Gasteiger partial charge < -0.3 is 9.47 Å². The first-order valence-corrected chi connectivity index (χ1v) is 9.89. The van der Waals surface area contributed by atoms with E-state index in [1.54, 1.807) is 12.1 Å². The first kappa shape index (κ1) is 20.5. The molecule has 1 fully saturated rings. The van der Waals surface area contributed by atoms with Crippen molar-refractivity contribution >= 4 is 46.6 Å². The molecule has 0 unspecified atom stereocenters. The minimum atomic E-state index is -0.686. The maximum absolute atomic E-state index is 14.3. The zero-order valence-corrected chi connectivity index (χ0v) is 17.7. The molecule has 156 valence electrons. The van der Waals surface area contributed by atoms with Crippen LogP contribution in [-0.4, -0.2) is 35.6 Å². The fraction of sp³-hybridized carbons (Fsp3) is 0.0870. The summed E-state index contributed by atoms with van der Waals surface area (Å²) in [6.45, 7) is 0. The van der Waals surface area contributed by atoms with E-state index in [1.807, 2.05) is 60.1 Å². The number of hydrogen-bond donors (Lipinski definition) is 1. The van der Waals surface area contributed by atoms with E-state index in [1.165, 1.54) is 24.3 Å². The van der Waals surface area contributed by atoms with E-state index in [2.05, 4.69) is 5.32 Å². The summed E-state index contributed by atoms with van der Waals surface area (Å²) >= 11 is 5.13. The van der Waals surface area contributed by atoms with Gasteiger partial charge in [-0.3, -0.25) is 14.9 Å². The molecule has 0 aliphatic carbocycles. The molecule has 6 nitrogen and oxygen atoms in total. The second-order valence-corrected chi connectivity index (χ2v) is 7.51. The van der Waals surface area contributed by atoms with E-state index in [-0.39, 0.29) is 16.4 Å². The van der Waals surface area contributed by atoms with Crippen LogP contribution in [0.1, 0.15) is 5.69 Å². The Morgan fingerprint density at radius 1 is 1.00 bits per heavy atom. The molecule has 1 aliphatic rings. The summed E-state index contributed by atoms with van der Waals surface area (Å²) in [7, 11) is 3.92. The first-order chi connectivity index (χ1) is 14.9. The molecule has 0 bridgehead atoms. The third-order valence-electron chi connectivity index (χ3n) is 4.91. The van der Waals surface area contributed by atoms with Crippen molar-refractivity contribution in [2.45, 2.75) is 0 Å². The van der Waals surface area contributed by atoms with Crippen molar-refractivity contribution in [1.82, 2.24) is 9.88 Å². The number of rotatable bonds is 4. The number of thiocarbonyl (C=S) groups is 1. The maximum Gasteiger partial charge on any atom is 0.270 e. The van der Waals surface area contributed by atoms with Crippen LogP contribution in [0.4, 0.5) is 15.8 Å². The van der Waals surface area contributed by atoms with Gasteiger partial charge in [0.15, 0.2) is 5.11 Å². The molecule has 3 aromatic rings. The molecule has 0 saturated carbocycles. The Kier molecular flexibility index (Phi) is 5.39. The average molecular weight is 434 g/mol. The van der Waals surface area contributed by atoms with Gasteiger partial charge in [0.25, 0.3) is 11.8 Å². The van der Waals surface area contributed by atoms with Crippen LogP contribution in [0, 0.1) is 5.82 Å². The van der Waals surface area contributed by atoms with E-state index in [9.17, 15) is 14.0 Å². The maximum atomic E-state index is 14.3. The van der Waals surface area contributed by atoms with Gasteiger partial charge in [0, 0.05) is 37.4 Å². The molecule has 1 aromatic heterocycles. The number of nitrogens with zero attached hydrogens (tertiary/aromatic N) is 3. The van der Waals surface area contributed by atoms with Gasteiger partial charge in [-0.05, 0) is 66.8 Å². The van der Waals surface area contributed by atoms with Crippen LogP contribution in [0.5, 0.6) is 0 Å². The molecule has 31 heavy (non-hydrogen) atoms. The minimum Gasteiger partial charge on any atom is -0.378 e. The lowest BCUT2D eigenvalue weighted by Gasteiger charge is -2.29. The van der Waals surface area contributed by atoms with Gasteiger partial charge in [-0.15, -0.1) is 0 Å². The van der Waals surface area contributed by atoms with E-state index in [0.29, 0.717) is 5.69 Å². The van der Waals surface area contributed by atoms with Crippen molar-refractivity contribution in [2.75, 3.05) is 23.9 Å². The van der Waals surface area contributed by atoms with E-state index >= 15 is 0 Å². The highest BCUT2D eigenvalue weighted by atomic mass is 32.1. The molecule has 0 atom stereocenters. The van der Waals surface area contributed by atoms with Crippen molar-refractivity contribution in [1.29, 1.82) is 0 Å². The molecule has 8 heteroatoms. The van der Waals surface area contributed by atoms with Gasteiger partial charge in [0.2, 0.25) is 0 Å². The SMILES string of the molecule is CN(C)c1ccc(-n2cccc2C=C2C(=O)NC(=S)N(c3ccccc3F)C2=O)cc1. The smallest absolute Gasteiger partial charge is 0.270 e. The summed E-state index contributed by atoms with van der Waals surface area (Å²) in [5, 5.41) is 2.31. The normalized spacial score (nSPS) is 15.4. The highest BCUT2D eigenvalue weighted by Crippen LogP contribution is 2.25. The third-order valence-corrected chi connectivity index (χ3v) is 5.20. The fourth-order valence-electron chi connectivity index (χ4n) is 3.32. The Labute approximate surface area is 184 Å². The van der Waals surface area contributed by atoms with Crippen LogP contribution >= 0.6 is 12.2 Å². The van der Waals surface area contributed by atoms with Gasteiger partial charge in [-0.1, -0.05) is 12.1 Å². The molecule has 0 radical (unpaired) electrons. The Hall–Kier alpha value is -3.78. The summed E-state index contributed by atoms with van der Waals surface area (Å²) in [5.74, 6) is -1.93. The molecular weight excluding hydrogens is 415 g/mol. The fourth-order valence-corrected chi connectivity index (χ4v) is 3.59. The van der Waals surface area contributed by atoms with Crippen molar-refractivity contribution in [3.8, 4) is 5.69 Å². The number of para-hydroxylation sites is 1. The number of aromatic nitrogens is 1. The Morgan fingerprint density at radius 2 is 1.71 bits per heavy atom. The summed E-state index contributed by atoms with van der Waals surface area (Å²) in [5.41, 5.74) is 2.39. The van der Waals surface area contributed by atoms with Crippen LogP contribution in [0.3, 0.4) is 0 Å². The second kappa shape index (κ2) is 8.16. The Morgan fingerprint density at radius 3 is 2.39 bits per heavy atom. The number of hydrogen-bond acceptors (Lipinski definition) is 4. The third kappa shape index (κ3) is 3.85. The number of nitrogens with one attached hydrogen (secondary N) is 1. The standard InChI is InChI=1S/C23H19FN4O2S/c1-26(2)15-9-11-16(12-10-15)27-13-5-6-17(27)14-18-21(29)25-23(31)28(22(18)30)20-8-4-3-7-19(20)24/h3-14H,1-2H3,(H,25,29,31). The van der Waals surface area contributed by atoms with E-state index in [4.69, 9.17) is 12.2 Å². The molecule has 4 rings (SSSR count). The number of carbonyl (C=O) groups excluding carboxylic acids is 2. The van der Waals surface area contributed by atoms with Crippen LogP contribution in [0.25, 0.3) is 11.8 Å². The van der Waals surface area contributed by atoms with Crippen LogP contribution in [0.15, 0.2) is 72.4 Å². The van der Waals surface area contributed by atoms with E-state index < -0.39 is 17.6 Å². The summed E-state index contributed by atoms with van der Waals surface area (Å²) in [6.07, 6.45) is 3.31. The number of anilines is 2. The largest absolute Gasteiger partial charge is 0.378 e. The molecule has 1 N–H and O–H groups in total. The van der Waals surface area contributed by atoms with Crippen LogP contribution in [-0.2, 0) is 9.59 Å². The van der Waals surface area contributed by atoms with Crippen molar-refractivity contribution in [3.05, 3.63) is 83.9 Å². The zero-order valence-electron chi connectivity index (χ0n) is 16.9. The molecule has 1 saturated heterocycles. The average Bonchev–Trinajstić information content (AvgIpc) is 3.20. The van der Waals surface area contributed by atoms with Crippen LogP contribution in [0.2, 0.25) is 0 Å². The van der Waals surface area contributed by atoms with Gasteiger partial charge in [0.1, 0.15) is 11.4 Å². The molecule has 2 aromatic carbocycles. The summed E-state index contributed by atoms with van der Waals surface area (Å²) < 4.78 is 16.2. The zero-order chi connectivity index (χ0) is 22.1. The van der Waals surface area contributed by atoms with Crippen molar-refractivity contribution in [3.63, 3.8) is 0 Å². The first-order valence-electron chi connectivity index (χ1n) is 9.48. The minimum absolute atomic E-state index is 0.0157. The van der Waals surface area contributed by atoms with Gasteiger partial charge in [0.05, 0.1) is 5.69 Å². The van der Waals surface area contributed by atoms with Crippen molar-refractivity contribution in [2.24, 2.45) is 0 Å². The summed E-state index contributed by atoms with van der Waals surface area (Å²) in [4.78, 5) is 28.7. The lowest BCUT2D eigenvalue weighted by Crippen LogP contribution is -2.54. The topological polar surface area (TPSA) is 57.6 Å². The number of amides is 2.